The van der Waals surface area contributed by atoms with E-state index in [0.29, 0.717) is 5.56 Å². The Morgan fingerprint density at radius 3 is 2.30 bits per heavy atom. The summed E-state index contributed by atoms with van der Waals surface area (Å²) in [5.41, 5.74) is -0.738. The molecule has 0 spiro atoms. The third-order valence-electron chi connectivity index (χ3n) is 2.67. The first-order valence-electron chi connectivity index (χ1n) is 5.68. The Morgan fingerprint density at radius 1 is 1.10 bits per heavy atom. The molecule has 6 heteroatoms. The average molecular weight is 283 g/mol. The molecule has 2 aromatic rings. The molecule has 0 unspecified atom stereocenters. The normalized spacial score (nSPS) is 11.4. The van der Waals surface area contributed by atoms with E-state index >= 15 is 0 Å². The quantitative estimate of drug-likeness (QED) is 0.635. The number of ketones is 1. The maximum atomic E-state index is 13.3. The number of aromatic nitrogens is 1. The lowest BCUT2D eigenvalue weighted by molar-refractivity contribution is -0.137. The minimum absolute atomic E-state index is 0.202. The molecule has 20 heavy (non-hydrogen) atoms. The van der Waals surface area contributed by atoms with E-state index in [9.17, 15) is 22.4 Å². The molecule has 0 aliphatic rings. The van der Waals surface area contributed by atoms with Gasteiger partial charge in [0.15, 0.2) is 11.6 Å². The molecule has 0 amide bonds. The van der Waals surface area contributed by atoms with Crippen LogP contribution in [0.1, 0.15) is 21.6 Å². The Morgan fingerprint density at radius 2 is 1.75 bits per heavy atom. The van der Waals surface area contributed by atoms with Gasteiger partial charge < -0.3 is 0 Å². The summed E-state index contributed by atoms with van der Waals surface area (Å²) in [5, 5.41) is 0. The van der Waals surface area contributed by atoms with Crippen LogP contribution in [0.15, 0.2) is 42.6 Å². The molecule has 104 valence electrons. The Bertz CT molecular complexity index is 620. The van der Waals surface area contributed by atoms with Gasteiger partial charge in [-0.15, -0.1) is 0 Å². The van der Waals surface area contributed by atoms with Crippen LogP contribution in [0.3, 0.4) is 0 Å². The molecule has 0 atom stereocenters. The zero-order chi connectivity index (χ0) is 14.8. The number of rotatable bonds is 3. The molecule has 0 saturated carbocycles. The summed E-state index contributed by atoms with van der Waals surface area (Å²) < 4.78 is 50.5. The van der Waals surface area contributed by atoms with Crippen LogP contribution in [0.4, 0.5) is 17.6 Å². The number of Topliss-reactive ketones (excluding diaryl/α,β-unsaturated/α-hetero) is 1. The minimum Gasteiger partial charge on any atom is -0.292 e. The molecular formula is C14H9F4NO. The fourth-order valence-corrected chi connectivity index (χ4v) is 1.67. The van der Waals surface area contributed by atoms with Crippen molar-refractivity contribution in [1.29, 1.82) is 0 Å². The minimum atomic E-state index is -4.42. The second kappa shape index (κ2) is 5.40. The van der Waals surface area contributed by atoms with Crippen LogP contribution >= 0.6 is 0 Å². The fourth-order valence-electron chi connectivity index (χ4n) is 1.67. The number of hydrogen-bond donors (Lipinski definition) is 0. The van der Waals surface area contributed by atoms with Gasteiger partial charge in [-0.05, 0) is 29.8 Å². The summed E-state index contributed by atoms with van der Waals surface area (Å²) in [6.45, 7) is 0. The van der Waals surface area contributed by atoms with Crippen molar-refractivity contribution in [3.8, 4) is 0 Å². The van der Waals surface area contributed by atoms with E-state index in [4.69, 9.17) is 0 Å². The average Bonchev–Trinajstić information content (AvgIpc) is 2.38. The topological polar surface area (TPSA) is 30.0 Å². The van der Waals surface area contributed by atoms with E-state index in [0.717, 1.165) is 18.2 Å². The second-order valence-corrected chi connectivity index (χ2v) is 4.13. The van der Waals surface area contributed by atoms with Crippen molar-refractivity contribution in [2.45, 2.75) is 12.6 Å². The number of hydrogen-bond acceptors (Lipinski definition) is 2. The molecular weight excluding hydrogens is 274 g/mol. The zero-order valence-electron chi connectivity index (χ0n) is 10.1. The molecule has 0 aliphatic carbocycles. The lowest BCUT2D eigenvalue weighted by atomic mass is 10.0. The van der Waals surface area contributed by atoms with Crippen molar-refractivity contribution < 1.29 is 22.4 Å². The number of carbonyl (C=O) groups is 1. The summed E-state index contributed by atoms with van der Waals surface area (Å²) in [6.07, 6.45) is -3.34. The van der Waals surface area contributed by atoms with E-state index in [-0.39, 0.29) is 12.1 Å². The zero-order valence-corrected chi connectivity index (χ0v) is 10.1. The highest BCUT2D eigenvalue weighted by Crippen LogP contribution is 2.29. The van der Waals surface area contributed by atoms with Gasteiger partial charge in [-0.1, -0.05) is 12.1 Å². The van der Waals surface area contributed by atoms with Gasteiger partial charge in [0.2, 0.25) is 0 Å². The van der Waals surface area contributed by atoms with Crippen LogP contribution in [0.2, 0.25) is 0 Å². The summed E-state index contributed by atoms with van der Waals surface area (Å²) in [6, 6.07) is 6.62. The standard InChI is InChI=1S/C14H9F4NO/c15-11-2-1-7-19-13(11)12(20)8-9-3-5-10(6-4-9)14(16,17)18/h1-7H,8H2. The van der Waals surface area contributed by atoms with E-state index in [1.165, 1.54) is 24.4 Å². The van der Waals surface area contributed by atoms with Crippen molar-refractivity contribution in [3.05, 3.63) is 65.2 Å². The Hall–Kier alpha value is -2.24. The molecule has 0 saturated heterocycles. The van der Waals surface area contributed by atoms with Crippen molar-refractivity contribution in [2.24, 2.45) is 0 Å². The smallest absolute Gasteiger partial charge is 0.292 e. The fraction of sp³-hybridized carbons (Fsp3) is 0.143. The second-order valence-electron chi connectivity index (χ2n) is 4.13. The molecule has 1 heterocycles. The van der Waals surface area contributed by atoms with Gasteiger partial charge in [-0.2, -0.15) is 13.2 Å². The summed E-state index contributed by atoms with van der Waals surface area (Å²) >= 11 is 0. The molecule has 0 N–H and O–H groups in total. The van der Waals surface area contributed by atoms with Gasteiger partial charge in [0.25, 0.3) is 0 Å². The van der Waals surface area contributed by atoms with Crippen LogP contribution in [-0.2, 0) is 12.6 Å². The number of nitrogens with zero attached hydrogens (tertiary/aromatic N) is 1. The first-order valence-corrected chi connectivity index (χ1v) is 5.68. The number of carbonyl (C=O) groups excluding carboxylic acids is 1. The van der Waals surface area contributed by atoms with Crippen molar-refractivity contribution in [1.82, 2.24) is 4.98 Å². The number of benzene rings is 1. The van der Waals surface area contributed by atoms with E-state index in [2.05, 4.69) is 4.98 Å². The van der Waals surface area contributed by atoms with Gasteiger partial charge in [-0.3, -0.25) is 9.78 Å². The molecule has 2 nitrogen and oxygen atoms in total. The van der Waals surface area contributed by atoms with E-state index < -0.39 is 23.3 Å². The predicted octanol–water partition coefficient (Wildman–Crippen LogP) is 3.66. The number of pyridine rings is 1. The van der Waals surface area contributed by atoms with Gasteiger partial charge in [0.1, 0.15) is 5.69 Å². The molecule has 1 aromatic carbocycles. The Labute approximate surface area is 112 Å². The van der Waals surface area contributed by atoms with Crippen LogP contribution < -0.4 is 0 Å². The van der Waals surface area contributed by atoms with Crippen LogP contribution in [0.25, 0.3) is 0 Å². The molecule has 0 bridgehead atoms. The van der Waals surface area contributed by atoms with Gasteiger partial charge in [0.05, 0.1) is 5.56 Å². The van der Waals surface area contributed by atoms with E-state index in [1.54, 1.807) is 0 Å². The first-order chi connectivity index (χ1) is 9.38. The van der Waals surface area contributed by atoms with Gasteiger partial charge in [-0.25, -0.2) is 4.39 Å². The monoisotopic (exact) mass is 283 g/mol. The predicted molar refractivity (Wildman–Crippen MR) is 63.7 cm³/mol. The highest BCUT2D eigenvalue weighted by molar-refractivity contribution is 5.95. The Balaban J connectivity index is 2.15. The van der Waals surface area contributed by atoms with Crippen LogP contribution in [-0.4, -0.2) is 10.8 Å². The highest BCUT2D eigenvalue weighted by atomic mass is 19.4. The SMILES string of the molecule is O=C(Cc1ccc(C(F)(F)F)cc1)c1ncccc1F. The van der Waals surface area contributed by atoms with Gasteiger partial charge in [0, 0.05) is 12.6 Å². The summed E-state index contributed by atoms with van der Waals surface area (Å²) in [4.78, 5) is 15.4. The highest BCUT2D eigenvalue weighted by Gasteiger charge is 2.30. The maximum absolute atomic E-state index is 13.3. The lowest BCUT2D eigenvalue weighted by Crippen LogP contribution is -2.09. The van der Waals surface area contributed by atoms with Crippen molar-refractivity contribution in [2.75, 3.05) is 0 Å². The first kappa shape index (κ1) is 14.2. The molecule has 1 aromatic heterocycles. The summed E-state index contributed by atoms with van der Waals surface area (Å²) in [7, 11) is 0. The third kappa shape index (κ3) is 3.20. The largest absolute Gasteiger partial charge is 0.416 e. The van der Waals surface area contributed by atoms with Gasteiger partial charge >= 0.3 is 6.18 Å². The van der Waals surface area contributed by atoms with Crippen LogP contribution in [0, 0.1) is 5.82 Å². The van der Waals surface area contributed by atoms with Crippen LogP contribution in [0.5, 0.6) is 0 Å². The summed E-state index contributed by atoms with van der Waals surface area (Å²) in [5.74, 6) is -1.33. The number of alkyl halides is 3. The van der Waals surface area contributed by atoms with Crippen molar-refractivity contribution in [3.63, 3.8) is 0 Å². The molecule has 0 fully saturated rings. The lowest BCUT2D eigenvalue weighted by Gasteiger charge is -2.07. The number of halogens is 4. The molecule has 0 radical (unpaired) electrons. The Kier molecular flexibility index (Phi) is 3.83. The van der Waals surface area contributed by atoms with Crippen molar-refractivity contribution >= 4 is 5.78 Å². The molecule has 0 aliphatic heterocycles. The van der Waals surface area contributed by atoms with E-state index in [1.807, 2.05) is 0 Å². The third-order valence-corrected chi connectivity index (χ3v) is 2.67. The molecule has 2 rings (SSSR count). The maximum Gasteiger partial charge on any atom is 0.416 e.